The molecule has 0 aromatic carbocycles. The Morgan fingerprint density at radius 1 is 1.54 bits per heavy atom. The Hall–Kier alpha value is -0.0551. The van der Waals surface area contributed by atoms with E-state index in [2.05, 4.69) is 13.8 Å². The van der Waals surface area contributed by atoms with E-state index in [-0.39, 0.29) is 6.10 Å². The molecule has 1 rings (SSSR count). The fourth-order valence-corrected chi connectivity index (χ4v) is 1.56. The summed E-state index contributed by atoms with van der Waals surface area (Å²) in [6.45, 7) is 4.12. The van der Waals surface area contributed by atoms with Gasteiger partial charge in [0.2, 0.25) is 0 Å². The minimum absolute atomic E-state index is 0.0293. The van der Waals surface area contributed by atoms with Crippen molar-refractivity contribution in [1.29, 1.82) is 0 Å². The van der Waals surface area contributed by atoms with Crippen molar-refractivity contribution in [2.45, 2.75) is 51.0 Å². The molecule has 1 fully saturated rings. The highest BCUT2D eigenvalue weighted by atomic mass is 16.5. The van der Waals surface area contributed by atoms with Gasteiger partial charge in [0.15, 0.2) is 0 Å². The van der Waals surface area contributed by atoms with Gasteiger partial charge in [-0.25, -0.2) is 0 Å². The second-order valence-corrected chi connectivity index (χ2v) is 3.82. The van der Waals surface area contributed by atoms with Crippen molar-refractivity contribution in [2.75, 3.05) is 0 Å². The van der Waals surface area contributed by atoms with Crippen LogP contribution in [0.5, 0.6) is 0 Å². The van der Waals surface area contributed by atoms with Gasteiger partial charge in [0.1, 0.15) is 7.85 Å². The van der Waals surface area contributed by atoms with Crippen LogP contribution < -0.4 is 0 Å². The number of aliphatic hydroxyl groups is 2. The Labute approximate surface area is 80.5 Å². The standard InChI is InChI=1S/C9H17BO3/c1-3-5(2)7-4-6(11)8(12)9(10)13-7/h5-9,11-12H,3-4H2,1-2H3. The summed E-state index contributed by atoms with van der Waals surface area (Å²) >= 11 is 0. The summed E-state index contributed by atoms with van der Waals surface area (Å²) in [7, 11) is 5.52. The Bertz CT molecular complexity index is 153. The first-order valence-corrected chi connectivity index (χ1v) is 4.83. The van der Waals surface area contributed by atoms with Crippen molar-refractivity contribution in [3.8, 4) is 0 Å². The van der Waals surface area contributed by atoms with Crippen molar-refractivity contribution in [1.82, 2.24) is 0 Å². The SMILES string of the molecule is [B]C1OC(C(C)CC)CC(O)C1O. The normalized spacial score (nSPS) is 43.1. The Morgan fingerprint density at radius 3 is 2.62 bits per heavy atom. The summed E-state index contributed by atoms with van der Waals surface area (Å²) < 4.78 is 5.39. The zero-order valence-electron chi connectivity index (χ0n) is 8.18. The largest absolute Gasteiger partial charge is 0.390 e. The molecular weight excluding hydrogens is 167 g/mol. The third-order valence-electron chi connectivity index (χ3n) is 2.82. The van der Waals surface area contributed by atoms with Crippen molar-refractivity contribution < 1.29 is 14.9 Å². The van der Waals surface area contributed by atoms with E-state index in [1.54, 1.807) is 0 Å². The quantitative estimate of drug-likeness (QED) is 0.595. The van der Waals surface area contributed by atoms with Gasteiger partial charge in [-0.3, -0.25) is 0 Å². The van der Waals surface area contributed by atoms with Crippen LogP contribution in [0.4, 0.5) is 0 Å². The van der Waals surface area contributed by atoms with E-state index >= 15 is 0 Å². The van der Waals surface area contributed by atoms with Gasteiger partial charge in [0.25, 0.3) is 0 Å². The van der Waals surface area contributed by atoms with E-state index in [0.717, 1.165) is 6.42 Å². The van der Waals surface area contributed by atoms with Crippen LogP contribution >= 0.6 is 0 Å². The Morgan fingerprint density at radius 2 is 2.15 bits per heavy atom. The predicted octanol–water partition coefficient (Wildman–Crippen LogP) is 0.0378. The topological polar surface area (TPSA) is 49.7 Å². The molecule has 0 bridgehead atoms. The van der Waals surface area contributed by atoms with Gasteiger partial charge in [-0.2, -0.15) is 0 Å². The van der Waals surface area contributed by atoms with Crippen LogP contribution in [0.2, 0.25) is 0 Å². The lowest BCUT2D eigenvalue weighted by molar-refractivity contribution is -0.151. The molecule has 1 heterocycles. The third-order valence-corrected chi connectivity index (χ3v) is 2.82. The van der Waals surface area contributed by atoms with E-state index in [1.807, 2.05) is 0 Å². The summed E-state index contributed by atoms with van der Waals surface area (Å²) in [5.74, 6) is 0.369. The van der Waals surface area contributed by atoms with E-state index in [0.29, 0.717) is 12.3 Å². The molecule has 5 unspecified atom stereocenters. The van der Waals surface area contributed by atoms with Gasteiger partial charge in [-0.15, -0.1) is 0 Å². The van der Waals surface area contributed by atoms with Crippen molar-refractivity contribution in [3.63, 3.8) is 0 Å². The number of hydrogen-bond acceptors (Lipinski definition) is 3. The average molecular weight is 184 g/mol. The molecule has 3 nitrogen and oxygen atoms in total. The van der Waals surface area contributed by atoms with Gasteiger partial charge >= 0.3 is 0 Å². The minimum Gasteiger partial charge on any atom is -0.390 e. The molecule has 1 saturated heterocycles. The lowest BCUT2D eigenvalue weighted by Gasteiger charge is -2.38. The molecular formula is C9H17BO3. The van der Waals surface area contributed by atoms with Crippen LogP contribution in [-0.2, 0) is 4.74 Å². The third kappa shape index (κ3) is 2.45. The lowest BCUT2D eigenvalue weighted by Crippen LogP contribution is -2.50. The molecule has 0 saturated carbocycles. The maximum absolute atomic E-state index is 9.45. The molecule has 2 N–H and O–H groups in total. The smallest absolute Gasteiger partial charge is 0.112 e. The number of rotatable bonds is 2. The highest BCUT2D eigenvalue weighted by molar-refractivity contribution is 6.11. The molecule has 1 aliphatic rings. The zero-order valence-corrected chi connectivity index (χ0v) is 8.18. The van der Waals surface area contributed by atoms with Crippen molar-refractivity contribution >= 4 is 7.85 Å². The lowest BCUT2D eigenvalue weighted by atomic mass is 9.83. The second kappa shape index (κ2) is 4.44. The number of hydrogen-bond donors (Lipinski definition) is 2. The average Bonchev–Trinajstić information content (AvgIpc) is 2.12. The molecule has 0 spiro atoms. The van der Waals surface area contributed by atoms with Gasteiger partial charge < -0.3 is 14.9 Å². The molecule has 74 valence electrons. The van der Waals surface area contributed by atoms with Crippen LogP contribution in [0, 0.1) is 5.92 Å². The fraction of sp³-hybridized carbons (Fsp3) is 1.00. The first kappa shape index (κ1) is 11.0. The molecule has 5 atom stereocenters. The van der Waals surface area contributed by atoms with Gasteiger partial charge in [0.05, 0.1) is 18.3 Å². The van der Waals surface area contributed by atoms with Crippen LogP contribution in [0.25, 0.3) is 0 Å². The van der Waals surface area contributed by atoms with Crippen molar-refractivity contribution in [2.24, 2.45) is 5.92 Å². The first-order valence-electron chi connectivity index (χ1n) is 4.83. The number of ether oxygens (including phenoxy) is 1. The monoisotopic (exact) mass is 184 g/mol. The molecule has 0 aromatic heterocycles. The van der Waals surface area contributed by atoms with E-state index < -0.39 is 18.2 Å². The Balaban J connectivity index is 2.53. The van der Waals surface area contributed by atoms with E-state index in [9.17, 15) is 10.2 Å². The summed E-state index contributed by atoms with van der Waals surface area (Å²) in [6, 6.07) is -0.747. The summed E-state index contributed by atoms with van der Waals surface area (Å²) in [5.41, 5.74) is 0. The van der Waals surface area contributed by atoms with Gasteiger partial charge in [-0.1, -0.05) is 20.3 Å². The van der Waals surface area contributed by atoms with Crippen LogP contribution in [-0.4, -0.2) is 42.4 Å². The predicted molar refractivity (Wildman–Crippen MR) is 50.5 cm³/mol. The van der Waals surface area contributed by atoms with E-state index in [1.165, 1.54) is 0 Å². The second-order valence-electron chi connectivity index (χ2n) is 3.82. The molecule has 0 aliphatic carbocycles. The number of aliphatic hydroxyl groups excluding tert-OH is 2. The minimum atomic E-state index is -0.944. The van der Waals surface area contributed by atoms with E-state index in [4.69, 9.17) is 12.6 Å². The molecule has 13 heavy (non-hydrogen) atoms. The molecule has 2 radical (unpaired) electrons. The van der Waals surface area contributed by atoms with Gasteiger partial charge in [0, 0.05) is 12.4 Å². The van der Waals surface area contributed by atoms with Crippen molar-refractivity contribution in [3.05, 3.63) is 0 Å². The maximum Gasteiger partial charge on any atom is 0.112 e. The Kier molecular flexibility index (Phi) is 3.77. The maximum atomic E-state index is 9.45. The molecule has 4 heteroatoms. The summed E-state index contributed by atoms with van der Waals surface area (Å²) in [4.78, 5) is 0. The van der Waals surface area contributed by atoms with Gasteiger partial charge in [-0.05, 0) is 5.92 Å². The summed E-state index contributed by atoms with van der Waals surface area (Å²) in [6.07, 6.45) is -0.258. The summed E-state index contributed by atoms with van der Waals surface area (Å²) in [5, 5.41) is 18.8. The van der Waals surface area contributed by atoms with Crippen LogP contribution in [0.3, 0.4) is 0 Å². The highest BCUT2D eigenvalue weighted by Gasteiger charge is 2.35. The van der Waals surface area contributed by atoms with Crippen LogP contribution in [0.1, 0.15) is 26.7 Å². The first-order chi connectivity index (χ1) is 6.06. The molecule has 0 aromatic rings. The zero-order chi connectivity index (χ0) is 10.0. The molecule has 0 amide bonds. The van der Waals surface area contributed by atoms with Crippen LogP contribution in [0.15, 0.2) is 0 Å². The molecule has 1 aliphatic heterocycles. The highest BCUT2D eigenvalue weighted by Crippen LogP contribution is 2.25. The fourth-order valence-electron chi connectivity index (χ4n) is 1.56.